The Bertz CT molecular complexity index is 284. The highest BCUT2D eigenvalue weighted by atomic mass is 19.1. The van der Waals surface area contributed by atoms with Crippen LogP contribution in [0.5, 0.6) is 0 Å². The molecule has 0 radical (unpaired) electrons. The van der Waals surface area contributed by atoms with E-state index >= 15 is 0 Å². The predicted molar refractivity (Wildman–Crippen MR) is 45.0 cm³/mol. The fraction of sp³-hybridized carbons (Fsp3) is 0.300. The van der Waals surface area contributed by atoms with E-state index in [2.05, 4.69) is 6.07 Å². The van der Waals surface area contributed by atoms with E-state index in [9.17, 15) is 4.39 Å². The molecule has 12 heavy (non-hydrogen) atoms. The molecule has 2 heteroatoms. The molecule has 0 spiro atoms. The van der Waals surface area contributed by atoms with Gasteiger partial charge in [-0.3, -0.25) is 0 Å². The molecule has 0 amide bonds. The van der Waals surface area contributed by atoms with Crippen LogP contribution in [0.1, 0.15) is 24.8 Å². The van der Waals surface area contributed by atoms with Gasteiger partial charge in [0.05, 0.1) is 6.07 Å². The van der Waals surface area contributed by atoms with Crippen LogP contribution in [-0.2, 0) is 0 Å². The Morgan fingerprint density at radius 3 is 2.50 bits per heavy atom. The van der Waals surface area contributed by atoms with Gasteiger partial charge in [-0.2, -0.15) is 5.26 Å². The largest absolute Gasteiger partial charge is 0.207 e. The van der Waals surface area contributed by atoms with Crippen LogP contribution >= 0.6 is 0 Å². The van der Waals surface area contributed by atoms with Crippen LogP contribution in [-0.4, -0.2) is 0 Å². The molecular weight excluding hydrogens is 153 g/mol. The lowest BCUT2D eigenvalue weighted by molar-refractivity contribution is 0.625. The first-order valence-electron chi connectivity index (χ1n) is 3.86. The summed E-state index contributed by atoms with van der Waals surface area (Å²) in [7, 11) is 0. The van der Waals surface area contributed by atoms with Crippen molar-refractivity contribution < 1.29 is 4.39 Å². The maximum Gasteiger partial charge on any atom is 0.123 e. The minimum atomic E-state index is -0.233. The van der Waals surface area contributed by atoms with Crippen molar-refractivity contribution in [2.24, 2.45) is 0 Å². The zero-order valence-electron chi connectivity index (χ0n) is 6.92. The van der Waals surface area contributed by atoms with Gasteiger partial charge in [-0.15, -0.1) is 0 Å². The molecule has 0 N–H and O–H groups in total. The highest BCUT2D eigenvalue weighted by Gasteiger charge is 2.03. The molecule has 0 saturated heterocycles. The van der Waals surface area contributed by atoms with Crippen LogP contribution < -0.4 is 0 Å². The maximum absolute atomic E-state index is 12.5. The van der Waals surface area contributed by atoms with E-state index in [0.29, 0.717) is 6.42 Å². The average Bonchev–Trinajstić information content (AvgIpc) is 2.06. The second kappa shape index (κ2) is 3.87. The number of hydrogen-bond acceptors (Lipinski definition) is 1. The van der Waals surface area contributed by atoms with E-state index in [-0.39, 0.29) is 11.7 Å². The van der Waals surface area contributed by atoms with Gasteiger partial charge in [0.25, 0.3) is 0 Å². The van der Waals surface area contributed by atoms with Gasteiger partial charge in [0.2, 0.25) is 0 Å². The second-order valence-electron chi connectivity index (χ2n) is 2.81. The lowest BCUT2D eigenvalue weighted by Crippen LogP contribution is -1.91. The fourth-order valence-corrected chi connectivity index (χ4v) is 1.05. The number of hydrogen-bond donors (Lipinski definition) is 0. The van der Waals surface area contributed by atoms with Gasteiger partial charge in [0.15, 0.2) is 0 Å². The maximum atomic E-state index is 12.5. The molecule has 0 aromatic heterocycles. The van der Waals surface area contributed by atoms with Gasteiger partial charge >= 0.3 is 0 Å². The first kappa shape index (κ1) is 8.73. The number of rotatable bonds is 2. The Balaban J connectivity index is 2.76. The normalized spacial score (nSPS) is 12.1. The minimum Gasteiger partial charge on any atom is -0.207 e. The zero-order chi connectivity index (χ0) is 8.97. The summed E-state index contributed by atoms with van der Waals surface area (Å²) >= 11 is 0. The van der Waals surface area contributed by atoms with Crippen molar-refractivity contribution in [1.29, 1.82) is 5.26 Å². The average molecular weight is 163 g/mol. The number of nitrogens with zero attached hydrogens (tertiary/aromatic N) is 1. The van der Waals surface area contributed by atoms with E-state index in [1.807, 2.05) is 6.92 Å². The van der Waals surface area contributed by atoms with Crippen molar-refractivity contribution in [3.8, 4) is 6.07 Å². The predicted octanol–water partition coefficient (Wildman–Crippen LogP) is 2.84. The highest BCUT2D eigenvalue weighted by Crippen LogP contribution is 2.18. The zero-order valence-corrected chi connectivity index (χ0v) is 6.92. The molecular formula is C10H10FN. The van der Waals surface area contributed by atoms with Crippen molar-refractivity contribution in [3.05, 3.63) is 35.6 Å². The Labute approximate surface area is 71.4 Å². The highest BCUT2D eigenvalue weighted by molar-refractivity contribution is 5.20. The summed E-state index contributed by atoms with van der Waals surface area (Å²) in [5.41, 5.74) is 1.01. The topological polar surface area (TPSA) is 23.8 Å². The number of benzene rings is 1. The quantitative estimate of drug-likeness (QED) is 0.657. The molecule has 0 fully saturated rings. The van der Waals surface area contributed by atoms with Crippen molar-refractivity contribution >= 4 is 0 Å². The van der Waals surface area contributed by atoms with Gasteiger partial charge in [-0.25, -0.2) is 4.39 Å². The Morgan fingerprint density at radius 1 is 1.42 bits per heavy atom. The first-order valence-corrected chi connectivity index (χ1v) is 3.86. The smallest absolute Gasteiger partial charge is 0.123 e. The van der Waals surface area contributed by atoms with Gasteiger partial charge in [0, 0.05) is 6.42 Å². The number of nitriles is 1. The van der Waals surface area contributed by atoms with Gasteiger partial charge in [0.1, 0.15) is 5.82 Å². The summed E-state index contributed by atoms with van der Waals surface area (Å²) in [6.45, 7) is 1.95. The molecule has 0 saturated carbocycles. The van der Waals surface area contributed by atoms with Gasteiger partial charge in [-0.1, -0.05) is 19.1 Å². The molecule has 62 valence electrons. The van der Waals surface area contributed by atoms with Crippen LogP contribution in [0.2, 0.25) is 0 Å². The summed E-state index contributed by atoms with van der Waals surface area (Å²) in [5.74, 6) is -0.0430. The Morgan fingerprint density at radius 2 is 2.00 bits per heavy atom. The summed E-state index contributed by atoms with van der Waals surface area (Å²) < 4.78 is 12.5. The molecule has 1 nitrogen and oxygen atoms in total. The molecule has 0 aliphatic heterocycles. The van der Waals surface area contributed by atoms with E-state index < -0.39 is 0 Å². The van der Waals surface area contributed by atoms with Crippen molar-refractivity contribution in [1.82, 2.24) is 0 Å². The standard InChI is InChI=1S/C10H10FN/c1-8(6-7-12)9-2-4-10(11)5-3-9/h2-5,8H,6H2,1H3/t8-/m1/s1. The second-order valence-corrected chi connectivity index (χ2v) is 2.81. The van der Waals surface area contributed by atoms with E-state index in [1.165, 1.54) is 12.1 Å². The SMILES string of the molecule is C[C@H](CC#N)c1ccc(F)cc1. The Hall–Kier alpha value is -1.36. The molecule has 0 aliphatic rings. The molecule has 0 aliphatic carbocycles. The third-order valence-electron chi connectivity index (χ3n) is 1.84. The summed E-state index contributed by atoms with van der Waals surface area (Å²) in [6.07, 6.45) is 0.478. The molecule has 1 atom stereocenters. The van der Waals surface area contributed by atoms with E-state index in [4.69, 9.17) is 5.26 Å². The van der Waals surface area contributed by atoms with Crippen molar-refractivity contribution in [2.75, 3.05) is 0 Å². The third-order valence-corrected chi connectivity index (χ3v) is 1.84. The number of halogens is 1. The molecule has 0 bridgehead atoms. The lowest BCUT2D eigenvalue weighted by atomic mass is 9.99. The Kier molecular flexibility index (Phi) is 2.82. The molecule has 0 heterocycles. The lowest BCUT2D eigenvalue weighted by Gasteiger charge is -2.05. The molecule has 1 aromatic rings. The third kappa shape index (κ3) is 2.06. The van der Waals surface area contributed by atoms with Gasteiger partial charge < -0.3 is 0 Å². The van der Waals surface area contributed by atoms with Crippen LogP contribution in [0.4, 0.5) is 4.39 Å². The van der Waals surface area contributed by atoms with Crippen molar-refractivity contribution in [2.45, 2.75) is 19.3 Å². The van der Waals surface area contributed by atoms with Crippen molar-refractivity contribution in [3.63, 3.8) is 0 Å². The van der Waals surface area contributed by atoms with Crippen LogP contribution in [0.25, 0.3) is 0 Å². The molecule has 1 aromatic carbocycles. The van der Waals surface area contributed by atoms with E-state index in [0.717, 1.165) is 5.56 Å². The van der Waals surface area contributed by atoms with Crippen LogP contribution in [0.3, 0.4) is 0 Å². The van der Waals surface area contributed by atoms with E-state index in [1.54, 1.807) is 12.1 Å². The summed E-state index contributed by atoms with van der Waals surface area (Å²) in [4.78, 5) is 0. The van der Waals surface area contributed by atoms with Crippen LogP contribution in [0.15, 0.2) is 24.3 Å². The first-order chi connectivity index (χ1) is 5.74. The van der Waals surface area contributed by atoms with Gasteiger partial charge in [-0.05, 0) is 23.6 Å². The summed E-state index contributed by atoms with van der Waals surface area (Å²) in [6, 6.07) is 8.37. The molecule has 1 rings (SSSR count). The summed E-state index contributed by atoms with van der Waals surface area (Å²) in [5, 5.41) is 8.43. The monoisotopic (exact) mass is 163 g/mol. The molecule has 0 unspecified atom stereocenters. The van der Waals surface area contributed by atoms with Crippen LogP contribution in [0, 0.1) is 17.1 Å². The minimum absolute atomic E-state index is 0.190. The fourth-order valence-electron chi connectivity index (χ4n) is 1.05.